The van der Waals surface area contributed by atoms with Crippen LogP contribution in [0.25, 0.3) is 0 Å². The molecule has 0 spiro atoms. The van der Waals surface area contributed by atoms with Crippen LogP contribution in [0, 0.1) is 29.1 Å². The number of rotatable bonds is 6. The molecule has 3 fully saturated rings. The van der Waals surface area contributed by atoms with Gasteiger partial charge in [-0.15, -0.1) is 0 Å². The highest BCUT2D eigenvalue weighted by molar-refractivity contribution is 5.29. The van der Waals surface area contributed by atoms with Gasteiger partial charge in [0.15, 0.2) is 0 Å². The van der Waals surface area contributed by atoms with Gasteiger partial charge in [0.05, 0.1) is 12.2 Å². The average Bonchev–Trinajstić information content (AvgIpc) is 3.04. The molecule has 2 unspecified atom stereocenters. The van der Waals surface area contributed by atoms with Crippen molar-refractivity contribution in [3.8, 4) is 0 Å². The molecule has 0 aromatic heterocycles. The minimum absolute atomic E-state index is 0.0724. The molecule has 0 aromatic carbocycles. The molecule has 3 aliphatic carbocycles. The Hall–Kier alpha value is -0.900. The molecule has 3 rings (SSSR count). The lowest BCUT2D eigenvalue weighted by molar-refractivity contribution is 0.0725. The zero-order valence-electron chi connectivity index (χ0n) is 20.7. The summed E-state index contributed by atoms with van der Waals surface area (Å²) in [6.45, 7) is 15.6. The smallest absolute Gasteiger partial charge is 0.0809 e. The van der Waals surface area contributed by atoms with E-state index in [9.17, 15) is 10.2 Å². The van der Waals surface area contributed by atoms with Crippen molar-refractivity contribution in [2.24, 2.45) is 34.8 Å². The van der Waals surface area contributed by atoms with Gasteiger partial charge in [0.1, 0.15) is 0 Å². The van der Waals surface area contributed by atoms with Crippen molar-refractivity contribution in [1.29, 1.82) is 0 Å². The summed E-state index contributed by atoms with van der Waals surface area (Å²) >= 11 is 0. The third kappa shape index (κ3) is 5.54. The van der Waals surface area contributed by atoms with E-state index < -0.39 is 12.2 Å². The number of allylic oxidation sites excluding steroid dienone is 3. The fraction of sp³-hybridized carbons (Fsp3) is 0.786. The zero-order chi connectivity index (χ0) is 23.0. The van der Waals surface area contributed by atoms with Crippen LogP contribution < -0.4 is 5.73 Å². The van der Waals surface area contributed by atoms with E-state index in [1.165, 1.54) is 38.5 Å². The summed E-state index contributed by atoms with van der Waals surface area (Å²) in [7, 11) is 0. The first kappa shape index (κ1) is 24.7. The highest BCUT2D eigenvalue weighted by Crippen LogP contribution is 2.60. The first-order valence-corrected chi connectivity index (χ1v) is 12.6. The van der Waals surface area contributed by atoms with Crippen molar-refractivity contribution in [2.75, 3.05) is 0 Å². The maximum Gasteiger partial charge on any atom is 0.0809 e. The number of aliphatic hydroxyl groups excluding tert-OH is 2. The summed E-state index contributed by atoms with van der Waals surface area (Å²) in [5.74, 6) is 2.89. The number of hydrogen-bond acceptors (Lipinski definition) is 3. The summed E-state index contributed by atoms with van der Waals surface area (Å²) in [5.41, 5.74) is 9.89. The largest absolute Gasteiger partial charge is 0.388 e. The van der Waals surface area contributed by atoms with Crippen LogP contribution in [-0.4, -0.2) is 28.0 Å². The van der Waals surface area contributed by atoms with Crippen LogP contribution in [0.15, 0.2) is 35.5 Å². The Morgan fingerprint density at radius 3 is 2.42 bits per heavy atom. The van der Waals surface area contributed by atoms with Gasteiger partial charge in [-0.2, -0.15) is 0 Å². The summed E-state index contributed by atoms with van der Waals surface area (Å²) in [4.78, 5) is 0. The van der Waals surface area contributed by atoms with E-state index in [2.05, 4.69) is 53.3 Å². The molecule has 0 saturated heterocycles. The molecule has 3 nitrogen and oxygen atoms in total. The fourth-order valence-corrected chi connectivity index (χ4v) is 6.83. The summed E-state index contributed by atoms with van der Waals surface area (Å²) in [6, 6.07) is 0. The van der Waals surface area contributed by atoms with Gasteiger partial charge in [-0.1, -0.05) is 50.6 Å². The highest BCUT2D eigenvalue weighted by Gasteiger charge is 2.51. The topological polar surface area (TPSA) is 66.5 Å². The predicted octanol–water partition coefficient (Wildman–Crippen LogP) is 5.92. The lowest BCUT2D eigenvalue weighted by atomic mass is 9.59. The fourth-order valence-electron chi connectivity index (χ4n) is 6.83. The van der Waals surface area contributed by atoms with E-state index in [1.54, 1.807) is 5.57 Å². The summed E-state index contributed by atoms with van der Waals surface area (Å²) < 4.78 is 0. The maximum atomic E-state index is 10.2. The van der Waals surface area contributed by atoms with E-state index in [1.807, 2.05) is 0 Å². The Balaban J connectivity index is 1.71. The zero-order valence-corrected chi connectivity index (χ0v) is 20.7. The first-order chi connectivity index (χ1) is 14.4. The van der Waals surface area contributed by atoms with E-state index in [0.717, 1.165) is 23.8 Å². The molecule has 0 radical (unpaired) electrons. The number of nitrogens with two attached hydrogens (primary N) is 1. The van der Waals surface area contributed by atoms with Crippen LogP contribution in [0.3, 0.4) is 0 Å². The Bertz CT molecular complexity index is 699. The van der Waals surface area contributed by atoms with Crippen molar-refractivity contribution in [1.82, 2.24) is 0 Å². The molecule has 0 amide bonds. The molecule has 0 aromatic rings. The van der Waals surface area contributed by atoms with Gasteiger partial charge >= 0.3 is 0 Å². The van der Waals surface area contributed by atoms with E-state index in [4.69, 9.17) is 5.73 Å². The molecule has 31 heavy (non-hydrogen) atoms. The highest BCUT2D eigenvalue weighted by atomic mass is 16.3. The molecule has 3 saturated carbocycles. The number of fused-ring (bicyclic) bond motifs is 1. The molecule has 3 aliphatic rings. The first-order valence-electron chi connectivity index (χ1n) is 12.6. The average molecular weight is 430 g/mol. The molecule has 0 heterocycles. The molecule has 0 bridgehead atoms. The predicted molar refractivity (Wildman–Crippen MR) is 131 cm³/mol. The van der Waals surface area contributed by atoms with Gasteiger partial charge in [-0.05, 0) is 106 Å². The maximum absolute atomic E-state index is 10.2. The molecular weight excluding hydrogens is 382 g/mol. The van der Waals surface area contributed by atoms with Crippen molar-refractivity contribution < 1.29 is 10.2 Å². The van der Waals surface area contributed by atoms with Crippen LogP contribution in [-0.2, 0) is 0 Å². The third-order valence-corrected chi connectivity index (χ3v) is 9.11. The quantitative estimate of drug-likeness (QED) is 0.459. The Labute approximate surface area is 190 Å². The van der Waals surface area contributed by atoms with E-state index in [0.29, 0.717) is 35.7 Å². The van der Waals surface area contributed by atoms with Gasteiger partial charge in [-0.25, -0.2) is 0 Å². The van der Waals surface area contributed by atoms with Gasteiger partial charge < -0.3 is 15.9 Å². The van der Waals surface area contributed by atoms with Crippen LogP contribution >= 0.6 is 0 Å². The summed E-state index contributed by atoms with van der Waals surface area (Å²) in [5, 5.41) is 20.3. The second-order valence-electron chi connectivity index (χ2n) is 12.0. The second-order valence-corrected chi connectivity index (χ2v) is 12.0. The van der Waals surface area contributed by atoms with Crippen LogP contribution in [0.1, 0.15) is 92.4 Å². The van der Waals surface area contributed by atoms with Gasteiger partial charge in [-0.3, -0.25) is 0 Å². The minimum atomic E-state index is -0.610. The number of aliphatic hydroxyl groups is 2. The standard InChI is InChI=1S/C28H47NO2/c1-18(13-15-27(4,5)29)19(2)23-11-12-24-22(8-7-14-28(23,24)6)10-9-21-16-25(30)20(3)26(31)17-21/h9-10,18-19,23-26,30-31H,3,7-8,11-17,29H2,1-2,4-6H3/b22-10+/t18-,19-,23?,24?,25+,26+,28+/m0/s1. The second kappa shape index (κ2) is 9.53. The van der Waals surface area contributed by atoms with Crippen molar-refractivity contribution in [2.45, 2.75) is 110 Å². The van der Waals surface area contributed by atoms with Gasteiger partial charge in [0, 0.05) is 5.54 Å². The van der Waals surface area contributed by atoms with Gasteiger partial charge in [0.25, 0.3) is 0 Å². The number of hydrogen-bond donors (Lipinski definition) is 3. The van der Waals surface area contributed by atoms with Crippen molar-refractivity contribution in [3.63, 3.8) is 0 Å². The minimum Gasteiger partial charge on any atom is -0.388 e. The van der Waals surface area contributed by atoms with E-state index >= 15 is 0 Å². The van der Waals surface area contributed by atoms with Crippen molar-refractivity contribution >= 4 is 0 Å². The monoisotopic (exact) mass is 429 g/mol. The molecule has 4 N–H and O–H groups in total. The van der Waals surface area contributed by atoms with Crippen LogP contribution in [0.4, 0.5) is 0 Å². The lowest BCUT2D eigenvalue weighted by Crippen LogP contribution is -2.38. The molecular formula is C28H47NO2. The Morgan fingerprint density at radius 2 is 1.81 bits per heavy atom. The molecule has 7 atom stereocenters. The van der Waals surface area contributed by atoms with Gasteiger partial charge in [0.2, 0.25) is 0 Å². The Kier molecular flexibility index (Phi) is 7.61. The molecule has 0 aliphatic heterocycles. The normalized spacial score (nSPS) is 37.6. The molecule has 176 valence electrons. The third-order valence-electron chi connectivity index (χ3n) is 9.11. The summed E-state index contributed by atoms with van der Waals surface area (Å²) in [6.07, 6.45) is 13.3. The van der Waals surface area contributed by atoms with E-state index in [-0.39, 0.29) is 5.54 Å². The van der Waals surface area contributed by atoms with Crippen LogP contribution in [0.2, 0.25) is 0 Å². The Morgan fingerprint density at radius 1 is 1.16 bits per heavy atom. The van der Waals surface area contributed by atoms with Crippen molar-refractivity contribution in [3.05, 3.63) is 35.5 Å². The SMILES string of the molecule is C=C1[C@H](O)CC(=C/C=C2\CCC[C@@]3(C)C2CCC3[C@@H](C)[C@@H](C)CCC(C)(C)N)C[C@H]1O. The lowest BCUT2D eigenvalue weighted by Gasteiger charge is -2.45. The van der Waals surface area contributed by atoms with Crippen LogP contribution in [0.5, 0.6) is 0 Å². The molecule has 3 heteroatoms.